The molecule has 1 heterocycles. The van der Waals surface area contributed by atoms with Gasteiger partial charge in [-0.25, -0.2) is 4.79 Å². The first kappa shape index (κ1) is 19.9. The van der Waals surface area contributed by atoms with Crippen molar-refractivity contribution < 1.29 is 22.7 Å². The maximum absolute atomic E-state index is 13.2. The lowest BCUT2D eigenvalue weighted by molar-refractivity contribution is -0.137. The Bertz CT molecular complexity index is 1110. The van der Waals surface area contributed by atoms with Crippen molar-refractivity contribution in [1.82, 2.24) is 4.57 Å². The van der Waals surface area contributed by atoms with Crippen LogP contribution in [0.3, 0.4) is 0 Å². The third-order valence-corrected chi connectivity index (χ3v) is 4.57. The number of rotatable bonds is 4. The SMILES string of the molecule is CCOC(=O)c1cn(Cc2ccccc2Cl)c2cc(C(F)(F)F)ccc2c1=O. The molecule has 146 valence electrons. The molecule has 4 nitrogen and oxygen atoms in total. The Kier molecular flexibility index (Phi) is 5.47. The summed E-state index contributed by atoms with van der Waals surface area (Å²) in [6, 6.07) is 9.60. The Balaban J connectivity index is 2.27. The number of benzene rings is 2. The van der Waals surface area contributed by atoms with Gasteiger partial charge in [-0.05, 0) is 36.8 Å². The number of nitrogens with zero attached hydrogens (tertiary/aromatic N) is 1. The molecule has 28 heavy (non-hydrogen) atoms. The molecule has 0 fully saturated rings. The second-order valence-corrected chi connectivity index (χ2v) is 6.45. The average molecular weight is 410 g/mol. The van der Waals surface area contributed by atoms with E-state index < -0.39 is 23.1 Å². The van der Waals surface area contributed by atoms with Crippen LogP contribution < -0.4 is 5.43 Å². The average Bonchev–Trinajstić information content (AvgIpc) is 2.64. The molecule has 0 aliphatic heterocycles. The standard InChI is InChI=1S/C20H15ClF3NO3/c1-2-28-19(27)15-11-25(10-12-5-3-4-6-16(12)21)17-9-13(20(22,23)24)7-8-14(17)18(15)26/h3-9,11H,2,10H2,1H3. The van der Waals surface area contributed by atoms with Crippen molar-refractivity contribution in [3.05, 3.63) is 80.6 Å². The van der Waals surface area contributed by atoms with Gasteiger partial charge in [0.25, 0.3) is 0 Å². The van der Waals surface area contributed by atoms with Gasteiger partial charge in [0.15, 0.2) is 0 Å². The minimum absolute atomic E-state index is 0.00870. The molecular weight excluding hydrogens is 395 g/mol. The third-order valence-electron chi connectivity index (χ3n) is 4.20. The molecule has 0 aliphatic carbocycles. The molecule has 2 aromatic carbocycles. The van der Waals surface area contributed by atoms with E-state index in [1.165, 1.54) is 10.8 Å². The summed E-state index contributed by atoms with van der Waals surface area (Å²) in [6.45, 7) is 1.73. The molecule has 3 rings (SSSR count). The zero-order valence-corrected chi connectivity index (χ0v) is 15.5. The summed E-state index contributed by atoms with van der Waals surface area (Å²) in [4.78, 5) is 24.8. The predicted molar refractivity (Wildman–Crippen MR) is 99.7 cm³/mol. The first-order valence-electron chi connectivity index (χ1n) is 8.37. The molecule has 3 aromatic rings. The number of hydrogen-bond donors (Lipinski definition) is 0. The summed E-state index contributed by atoms with van der Waals surface area (Å²) in [7, 11) is 0. The Morgan fingerprint density at radius 1 is 1.18 bits per heavy atom. The number of carbonyl (C=O) groups is 1. The second kappa shape index (κ2) is 7.67. The molecule has 0 atom stereocenters. The van der Waals surface area contributed by atoms with Gasteiger partial charge in [-0.3, -0.25) is 4.79 Å². The monoisotopic (exact) mass is 409 g/mol. The minimum Gasteiger partial charge on any atom is -0.462 e. The van der Waals surface area contributed by atoms with Gasteiger partial charge < -0.3 is 9.30 Å². The van der Waals surface area contributed by atoms with Gasteiger partial charge in [0.05, 0.1) is 17.7 Å². The molecule has 1 aromatic heterocycles. The van der Waals surface area contributed by atoms with E-state index in [-0.39, 0.29) is 29.6 Å². The molecular formula is C20H15ClF3NO3. The molecule has 0 N–H and O–H groups in total. The number of alkyl halides is 3. The number of ether oxygens (including phenoxy) is 1. The van der Waals surface area contributed by atoms with Crippen LogP contribution in [0.4, 0.5) is 13.2 Å². The van der Waals surface area contributed by atoms with Crippen LogP contribution in [-0.4, -0.2) is 17.1 Å². The van der Waals surface area contributed by atoms with Gasteiger partial charge in [-0.1, -0.05) is 29.8 Å². The van der Waals surface area contributed by atoms with Crippen LogP contribution in [0.5, 0.6) is 0 Å². The summed E-state index contributed by atoms with van der Waals surface area (Å²) < 4.78 is 45.8. The van der Waals surface area contributed by atoms with Crippen molar-refractivity contribution in [2.75, 3.05) is 6.61 Å². The normalized spacial score (nSPS) is 11.6. The highest BCUT2D eigenvalue weighted by Gasteiger charge is 2.31. The van der Waals surface area contributed by atoms with Crippen LogP contribution in [0.1, 0.15) is 28.4 Å². The van der Waals surface area contributed by atoms with Crippen LogP contribution in [0.15, 0.2) is 53.5 Å². The van der Waals surface area contributed by atoms with E-state index in [2.05, 4.69) is 0 Å². The maximum Gasteiger partial charge on any atom is 0.416 e. The largest absolute Gasteiger partial charge is 0.462 e. The van der Waals surface area contributed by atoms with E-state index in [0.717, 1.165) is 18.2 Å². The van der Waals surface area contributed by atoms with Crippen LogP contribution >= 0.6 is 11.6 Å². The molecule has 0 saturated heterocycles. The van der Waals surface area contributed by atoms with Crippen molar-refractivity contribution in [3.8, 4) is 0 Å². The summed E-state index contributed by atoms with van der Waals surface area (Å²) in [6.07, 6.45) is -3.36. The van der Waals surface area contributed by atoms with Gasteiger partial charge >= 0.3 is 12.1 Å². The van der Waals surface area contributed by atoms with E-state index in [1.54, 1.807) is 31.2 Å². The lowest BCUT2D eigenvalue weighted by Crippen LogP contribution is -2.21. The zero-order valence-electron chi connectivity index (χ0n) is 14.7. The Morgan fingerprint density at radius 3 is 2.54 bits per heavy atom. The van der Waals surface area contributed by atoms with Gasteiger partial charge in [-0.15, -0.1) is 0 Å². The van der Waals surface area contributed by atoms with E-state index in [1.807, 2.05) is 0 Å². The molecule has 0 spiro atoms. The second-order valence-electron chi connectivity index (χ2n) is 6.04. The number of esters is 1. The van der Waals surface area contributed by atoms with E-state index in [0.29, 0.717) is 10.6 Å². The molecule has 0 unspecified atom stereocenters. The highest BCUT2D eigenvalue weighted by Crippen LogP contribution is 2.31. The molecule has 0 saturated carbocycles. The van der Waals surface area contributed by atoms with E-state index >= 15 is 0 Å². The van der Waals surface area contributed by atoms with Crippen molar-refractivity contribution >= 4 is 28.5 Å². The number of fused-ring (bicyclic) bond motifs is 1. The summed E-state index contributed by atoms with van der Waals surface area (Å²) in [5.41, 5.74) is -1.15. The quantitative estimate of drug-likeness (QED) is 0.576. The van der Waals surface area contributed by atoms with Gasteiger partial charge in [-0.2, -0.15) is 13.2 Å². The smallest absolute Gasteiger partial charge is 0.416 e. The summed E-state index contributed by atoms with van der Waals surface area (Å²) >= 11 is 6.17. The lowest BCUT2D eigenvalue weighted by atomic mass is 10.1. The fraction of sp³-hybridized carbons (Fsp3) is 0.200. The fourth-order valence-corrected chi connectivity index (χ4v) is 3.06. The third kappa shape index (κ3) is 3.89. The van der Waals surface area contributed by atoms with Crippen molar-refractivity contribution in [1.29, 1.82) is 0 Å². The summed E-state index contributed by atoms with van der Waals surface area (Å²) in [5, 5.41) is 0.407. The molecule has 0 aliphatic rings. The number of hydrogen-bond acceptors (Lipinski definition) is 3. The number of pyridine rings is 1. The van der Waals surface area contributed by atoms with Gasteiger partial charge in [0, 0.05) is 23.2 Å². The van der Waals surface area contributed by atoms with E-state index in [4.69, 9.17) is 16.3 Å². The van der Waals surface area contributed by atoms with Crippen molar-refractivity contribution in [2.24, 2.45) is 0 Å². The molecule has 0 bridgehead atoms. The number of halogens is 4. The molecule has 0 radical (unpaired) electrons. The molecule has 0 amide bonds. The first-order chi connectivity index (χ1) is 13.2. The van der Waals surface area contributed by atoms with Crippen LogP contribution in [-0.2, 0) is 17.5 Å². The molecule has 8 heteroatoms. The predicted octanol–water partition coefficient (Wildman–Crippen LogP) is 4.90. The van der Waals surface area contributed by atoms with Crippen LogP contribution in [0.2, 0.25) is 5.02 Å². The fourth-order valence-electron chi connectivity index (χ4n) is 2.86. The van der Waals surface area contributed by atoms with Crippen LogP contribution in [0.25, 0.3) is 10.9 Å². The zero-order chi connectivity index (χ0) is 20.5. The Hall–Kier alpha value is -2.80. The van der Waals surface area contributed by atoms with Gasteiger partial charge in [0.1, 0.15) is 5.56 Å². The van der Waals surface area contributed by atoms with Crippen molar-refractivity contribution in [2.45, 2.75) is 19.6 Å². The first-order valence-corrected chi connectivity index (χ1v) is 8.75. The lowest BCUT2D eigenvalue weighted by Gasteiger charge is -2.16. The highest BCUT2D eigenvalue weighted by atomic mass is 35.5. The maximum atomic E-state index is 13.2. The van der Waals surface area contributed by atoms with Crippen molar-refractivity contribution in [3.63, 3.8) is 0 Å². The van der Waals surface area contributed by atoms with Gasteiger partial charge in [0.2, 0.25) is 5.43 Å². The van der Waals surface area contributed by atoms with E-state index in [9.17, 15) is 22.8 Å². The highest BCUT2D eigenvalue weighted by molar-refractivity contribution is 6.31. The number of aromatic nitrogens is 1. The summed E-state index contributed by atoms with van der Waals surface area (Å²) in [5.74, 6) is -0.831. The number of carbonyl (C=O) groups excluding carboxylic acids is 1. The topological polar surface area (TPSA) is 48.3 Å². The van der Waals surface area contributed by atoms with Crippen LogP contribution in [0, 0.1) is 0 Å². The Labute approximate surface area is 163 Å². The Morgan fingerprint density at radius 2 is 1.89 bits per heavy atom. The minimum atomic E-state index is -4.57.